The molecule has 1 aliphatic carbocycles. The zero-order chi connectivity index (χ0) is 9.84. The number of ether oxygens (including phenoxy) is 1. The highest BCUT2D eigenvalue weighted by molar-refractivity contribution is 5.74. The summed E-state index contributed by atoms with van der Waals surface area (Å²) >= 11 is 0. The van der Waals surface area contributed by atoms with Crippen LogP contribution < -0.4 is 11.1 Å². The second-order valence-corrected chi connectivity index (χ2v) is 3.24. The molecule has 1 fully saturated rings. The van der Waals surface area contributed by atoms with E-state index in [1.807, 2.05) is 0 Å². The van der Waals surface area contributed by atoms with Gasteiger partial charge >= 0.3 is 12.0 Å². The van der Waals surface area contributed by atoms with E-state index in [4.69, 9.17) is 5.73 Å². The zero-order valence-corrected chi connectivity index (χ0v) is 7.58. The van der Waals surface area contributed by atoms with Gasteiger partial charge in [-0.1, -0.05) is 0 Å². The fourth-order valence-corrected chi connectivity index (χ4v) is 1.69. The molecule has 1 saturated carbocycles. The van der Waals surface area contributed by atoms with Crippen LogP contribution >= 0.6 is 0 Å². The molecule has 74 valence electrons. The van der Waals surface area contributed by atoms with Gasteiger partial charge in [0.1, 0.15) is 0 Å². The van der Waals surface area contributed by atoms with Crippen LogP contribution in [-0.4, -0.2) is 25.2 Å². The Labute approximate surface area is 76.6 Å². The van der Waals surface area contributed by atoms with E-state index in [0.717, 1.165) is 12.8 Å². The molecule has 0 aromatic carbocycles. The van der Waals surface area contributed by atoms with Gasteiger partial charge < -0.3 is 15.8 Å². The van der Waals surface area contributed by atoms with Crippen molar-refractivity contribution < 1.29 is 14.3 Å². The number of esters is 1. The summed E-state index contributed by atoms with van der Waals surface area (Å²) in [6, 6.07) is -0.503. The molecular formula is C8H14N2O3. The van der Waals surface area contributed by atoms with Crippen molar-refractivity contribution in [1.29, 1.82) is 0 Å². The highest BCUT2D eigenvalue weighted by Gasteiger charge is 2.30. The predicted molar refractivity (Wildman–Crippen MR) is 45.9 cm³/mol. The minimum Gasteiger partial charge on any atom is -0.469 e. The first-order chi connectivity index (χ1) is 6.13. The second-order valence-electron chi connectivity index (χ2n) is 3.24. The Morgan fingerprint density at radius 2 is 2.15 bits per heavy atom. The number of urea groups is 1. The quantitative estimate of drug-likeness (QED) is 0.595. The Kier molecular flexibility index (Phi) is 3.11. The Morgan fingerprint density at radius 1 is 1.46 bits per heavy atom. The molecule has 1 aliphatic rings. The summed E-state index contributed by atoms with van der Waals surface area (Å²) in [5, 5.41) is 2.58. The molecule has 2 amide bonds. The van der Waals surface area contributed by atoms with Gasteiger partial charge in [-0.25, -0.2) is 4.79 Å². The minimum absolute atomic E-state index is 0.0293. The first kappa shape index (κ1) is 9.83. The molecule has 0 saturated heterocycles. The largest absolute Gasteiger partial charge is 0.469 e. The van der Waals surface area contributed by atoms with Crippen molar-refractivity contribution in [1.82, 2.24) is 5.32 Å². The number of rotatable bonds is 2. The third-order valence-electron chi connectivity index (χ3n) is 2.31. The highest BCUT2D eigenvalue weighted by atomic mass is 16.5. The first-order valence-electron chi connectivity index (χ1n) is 4.27. The molecule has 0 heterocycles. The number of methoxy groups -OCH3 is 1. The molecule has 0 aromatic heterocycles. The Hall–Kier alpha value is -1.26. The lowest BCUT2D eigenvalue weighted by Gasteiger charge is -2.09. The Balaban J connectivity index is 2.36. The number of hydrogen-bond acceptors (Lipinski definition) is 3. The molecule has 0 aliphatic heterocycles. The number of carbonyl (C=O) groups excluding carboxylic acids is 2. The van der Waals surface area contributed by atoms with Crippen molar-refractivity contribution in [2.45, 2.75) is 25.3 Å². The van der Waals surface area contributed by atoms with Gasteiger partial charge in [0.05, 0.1) is 13.0 Å². The van der Waals surface area contributed by atoms with Crippen molar-refractivity contribution in [3.8, 4) is 0 Å². The fraction of sp³-hybridized carbons (Fsp3) is 0.750. The summed E-state index contributed by atoms with van der Waals surface area (Å²) in [5.74, 6) is -0.282. The number of nitrogens with one attached hydrogen (secondary N) is 1. The van der Waals surface area contributed by atoms with Gasteiger partial charge in [0, 0.05) is 6.04 Å². The fourth-order valence-electron chi connectivity index (χ4n) is 1.69. The van der Waals surface area contributed by atoms with E-state index in [1.54, 1.807) is 0 Å². The van der Waals surface area contributed by atoms with Crippen LogP contribution in [0.15, 0.2) is 0 Å². The van der Waals surface area contributed by atoms with Gasteiger partial charge in [-0.05, 0) is 19.3 Å². The van der Waals surface area contributed by atoms with Crippen LogP contribution in [0.2, 0.25) is 0 Å². The van der Waals surface area contributed by atoms with Crippen LogP contribution in [0.4, 0.5) is 4.79 Å². The summed E-state index contributed by atoms with van der Waals surface area (Å²) in [6.07, 6.45) is 2.19. The van der Waals surface area contributed by atoms with Crippen LogP contribution in [0, 0.1) is 5.92 Å². The van der Waals surface area contributed by atoms with Crippen molar-refractivity contribution >= 4 is 12.0 Å². The lowest BCUT2D eigenvalue weighted by Crippen LogP contribution is -2.37. The van der Waals surface area contributed by atoms with Gasteiger partial charge in [-0.15, -0.1) is 0 Å². The summed E-state index contributed by atoms with van der Waals surface area (Å²) in [5.41, 5.74) is 4.96. The van der Waals surface area contributed by atoms with E-state index in [9.17, 15) is 9.59 Å². The zero-order valence-electron chi connectivity index (χ0n) is 7.58. The lowest BCUT2D eigenvalue weighted by molar-refractivity contribution is -0.145. The summed E-state index contributed by atoms with van der Waals surface area (Å²) in [6.45, 7) is 0. The van der Waals surface area contributed by atoms with Crippen LogP contribution in [0.3, 0.4) is 0 Å². The van der Waals surface area contributed by atoms with Gasteiger partial charge in [0.25, 0.3) is 0 Å². The molecule has 1 rings (SSSR count). The first-order valence-corrected chi connectivity index (χ1v) is 4.27. The molecule has 2 atom stereocenters. The second kappa shape index (κ2) is 4.11. The number of nitrogens with two attached hydrogens (primary N) is 1. The van der Waals surface area contributed by atoms with Crippen molar-refractivity contribution in [3.63, 3.8) is 0 Å². The maximum atomic E-state index is 11.1. The number of carbonyl (C=O) groups is 2. The van der Waals surface area contributed by atoms with E-state index in [2.05, 4.69) is 10.1 Å². The van der Waals surface area contributed by atoms with E-state index in [0.29, 0.717) is 6.42 Å². The standard InChI is InChI=1S/C8H14N2O3/c1-13-7(11)5-2-3-6(4-5)10-8(9)12/h5-6H,2-4H2,1H3,(H3,9,10,12). The number of primary amides is 1. The van der Waals surface area contributed by atoms with Gasteiger partial charge in [0.2, 0.25) is 0 Å². The molecule has 0 spiro atoms. The third kappa shape index (κ3) is 2.61. The van der Waals surface area contributed by atoms with Gasteiger partial charge in [0.15, 0.2) is 0 Å². The van der Waals surface area contributed by atoms with E-state index >= 15 is 0 Å². The molecule has 5 heteroatoms. The van der Waals surface area contributed by atoms with Crippen LogP contribution in [0.25, 0.3) is 0 Å². The number of amides is 2. The van der Waals surface area contributed by atoms with E-state index < -0.39 is 6.03 Å². The monoisotopic (exact) mass is 186 g/mol. The minimum atomic E-state index is -0.532. The average Bonchev–Trinajstić information content (AvgIpc) is 2.50. The maximum Gasteiger partial charge on any atom is 0.312 e. The summed E-state index contributed by atoms with van der Waals surface area (Å²) in [4.78, 5) is 21.6. The summed E-state index contributed by atoms with van der Waals surface area (Å²) in [7, 11) is 1.37. The molecule has 13 heavy (non-hydrogen) atoms. The maximum absolute atomic E-state index is 11.1. The lowest BCUT2D eigenvalue weighted by atomic mass is 10.1. The smallest absolute Gasteiger partial charge is 0.312 e. The average molecular weight is 186 g/mol. The van der Waals surface area contributed by atoms with Gasteiger partial charge in [-0.2, -0.15) is 0 Å². The highest BCUT2D eigenvalue weighted by Crippen LogP contribution is 2.26. The molecular weight excluding hydrogens is 172 g/mol. The van der Waals surface area contributed by atoms with Gasteiger partial charge in [-0.3, -0.25) is 4.79 Å². The normalized spacial score (nSPS) is 26.8. The molecule has 0 bridgehead atoms. The predicted octanol–water partition coefficient (Wildman–Crippen LogP) is -0.00360. The molecule has 2 unspecified atom stereocenters. The molecule has 0 aromatic rings. The van der Waals surface area contributed by atoms with Crippen LogP contribution in [-0.2, 0) is 9.53 Å². The SMILES string of the molecule is COC(=O)C1CCC(NC(N)=O)C1. The summed E-state index contributed by atoms with van der Waals surface area (Å²) < 4.78 is 4.60. The number of hydrogen-bond donors (Lipinski definition) is 2. The molecule has 0 radical (unpaired) electrons. The third-order valence-corrected chi connectivity index (χ3v) is 2.31. The molecule has 5 nitrogen and oxygen atoms in total. The Morgan fingerprint density at radius 3 is 2.69 bits per heavy atom. The van der Waals surface area contributed by atoms with E-state index in [-0.39, 0.29) is 17.9 Å². The van der Waals surface area contributed by atoms with Crippen molar-refractivity contribution in [2.24, 2.45) is 11.7 Å². The topological polar surface area (TPSA) is 81.4 Å². The molecule has 3 N–H and O–H groups in total. The van der Waals surface area contributed by atoms with Crippen LogP contribution in [0.1, 0.15) is 19.3 Å². The Bertz CT molecular complexity index is 217. The van der Waals surface area contributed by atoms with Crippen molar-refractivity contribution in [2.75, 3.05) is 7.11 Å². The van der Waals surface area contributed by atoms with E-state index in [1.165, 1.54) is 7.11 Å². The van der Waals surface area contributed by atoms with Crippen molar-refractivity contribution in [3.05, 3.63) is 0 Å². The van der Waals surface area contributed by atoms with Crippen LogP contribution in [0.5, 0.6) is 0 Å².